The van der Waals surface area contributed by atoms with Gasteiger partial charge in [-0.3, -0.25) is 0 Å². The van der Waals surface area contributed by atoms with Crippen LogP contribution in [0.5, 0.6) is 0 Å². The fourth-order valence-corrected chi connectivity index (χ4v) is 3.47. The van der Waals surface area contributed by atoms with Gasteiger partial charge in [-0.05, 0) is 35.3 Å². The average Bonchev–Trinajstić information content (AvgIpc) is 2.73. The maximum Gasteiger partial charge on any atom is 0.328 e. The topological polar surface area (TPSA) is 37.3 Å². The lowest BCUT2D eigenvalue weighted by atomic mass is 10.2. The van der Waals surface area contributed by atoms with Crippen LogP contribution in [-0.2, 0) is 10.5 Å². The number of unbranched alkanes of at least 4 members (excludes halogenated alkanes) is 2. The van der Waals surface area contributed by atoms with Gasteiger partial charge in [-0.15, -0.1) is 11.3 Å². The number of hydrogen-bond donors (Lipinski definition) is 1. The molecule has 0 saturated heterocycles. The number of carboxylic acids is 1. The minimum atomic E-state index is -0.891. The summed E-state index contributed by atoms with van der Waals surface area (Å²) in [7, 11) is 0. The minimum absolute atomic E-state index is 0.891. The predicted octanol–water partition coefficient (Wildman–Crippen LogP) is 4.27. The van der Waals surface area contributed by atoms with E-state index in [0.717, 1.165) is 11.3 Å². The maximum absolute atomic E-state index is 10.4. The summed E-state index contributed by atoms with van der Waals surface area (Å²) in [5.41, 5.74) is 1.04. The first-order valence-corrected chi connectivity index (χ1v) is 7.82. The molecule has 1 aromatic heterocycles. The van der Waals surface area contributed by atoms with E-state index in [0.29, 0.717) is 0 Å². The molecule has 0 unspecified atom stereocenters. The molecule has 0 bridgehead atoms. The second-order valence-electron chi connectivity index (χ2n) is 3.73. The van der Waals surface area contributed by atoms with Gasteiger partial charge >= 0.3 is 5.97 Å². The Balaban J connectivity index is 2.38. The van der Waals surface area contributed by atoms with Crippen LogP contribution in [0.2, 0.25) is 0 Å². The molecule has 0 aliphatic carbocycles. The first-order chi connectivity index (χ1) is 8.24. The Morgan fingerprint density at radius 2 is 2.35 bits per heavy atom. The lowest BCUT2D eigenvalue weighted by Gasteiger charge is -2.00. The molecule has 1 N–H and O–H groups in total. The van der Waals surface area contributed by atoms with Crippen LogP contribution in [0, 0.1) is 0 Å². The van der Waals surface area contributed by atoms with Crippen molar-refractivity contribution in [1.29, 1.82) is 0 Å². The number of hydrogen-bond acceptors (Lipinski definition) is 3. The van der Waals surface area contributed by atoms with E-state index in [2.05, 4.69) is 6.92 Å². The van der Waals surface area contributed by atoms with Crippen molar-refractivity contribution in [2.45, 2.75) is 31.9 Å². The van der Waals surface area contributed by atoms with Gasteiger partial charge in [0.25, 0.3) is 0 Å². The second kappa shape index (κ2) is 8.37. The molecule has 0 radical (unpaired) electrons. The summed E-state index contributed by atoms with van der Waals surface area (Å²) in [5.74, 6) is 1.28. The van der Waals surface area contributed by atoms with Crippen molar-refractivity contribution in [3.8, 4) is 0 Å². The zero-order valence-electron chi connectivity index (χ0n) is 10.0. The van der Waals surface area contributed by atoms with Gasteiger partial charge in [-0.1, -0.05) is 19.8 Å². The fourth-order valence-electron chi connectivity index (χ4n) is 1.40. The lowest BCUT2D eigenvalue weighted by molar-refractivity contribution is -0.131. The highest BCUT2D eigenvalue weighted by Crippen LogP contribution is 2.24. The third-order valence-electron chi connectivity index (χ3n) is 2.31. The zero-order chi connectivity index (χ0) is 12.5. The Kier molecular flexibility index (Phi) is 7.05. The smallest absolute Gasteiger partial charge is 0.328 e. The summed E-state index contributed by atoms with van der Waals surface area (Å²) in [6.45, 7) is 2.21. The van der Waals surface area contributed by atoms with E-state index in [1.807, 2.05) is 23.2 Å². The molecule has 1 heterocycles. The maximum atomic E-state index is 10.4. The number of aliphatic carboxylic acids is 1. The zero-order valence-corrected chi connectivity index (χ0v) is 11.6. The summed E-state index contributed by atoms with van der Waals surface area (Å²) in [6, 6.07) is 1.98. The normalized spacial score (nSPS) is 11.1. The van der Waals surface area contributed by atoms with Crippen molar-refractivity contribution in [2.75, 3.05) is 5.75 Å². The van der Waals surface area contributed by atoms with Gasteiger partial charge in [0.1, 0.15) is 0 Å². The molecule has 0 atom stereocenters. The average molecular weight is 270 g/mol. The number of thiophene rings is 1. The molecule has 1 aromatic rings. The molecular formula is C13H18O2S2. The summed E-state index contributed by atoms with van der Waals surface area (Å²) in [5, 5.41) is 10.6. The van der Waals surface area contributed by atoms with Gasteiger partial charge in [0.05, 0.1) is 0 Å². The Labute approximate surface area is 111 Å². The van der Waals surface area contributed by atoms with Crippen molar-refractivity contribution in [2.24, 2.45) is 0 Å². The second-order valence-corrected chi connectivity index (χ2v) is 5.84. The van der Waals surface area contributed by atoms with Crippen LogP contribution in [-0.4, -0.2) is 16.8 Å². The standard InChI is InChI=1S/C13H18O2S2/c1-2-3-4-8-16-10-12-11(7-9-17-12)5-6-13(14)15/h5-7,9H,2-4,8,10H2,1H3,(H,14,15)/b6-5+. The van der Waals surface area contributed by atoms with Crippen LogP contribution >= 0.6 is 23.1 Å². The lowest BCUT2D eigenvalue weighted by Crippen LogP contribution is -1.87. The highest BCUT2D eigenvalue weighted by atomic mass is 32.2. The van der Waals surface area contributed by atoms with Crippen LogP contribution in [0.4, 0.5) is 0 Å². The van der Waals surface area contributed by atoms with Crippen molar-refractivity contribution >= 4 is 35.1 Å². The number of rotatable bonds is 8. The van der Waals surface area contributed by atoms with Gasteiger partial charge in [-0.25, -0.2) is 4.79 Å². The van der Waals surface area contributed by atoms with Crippen molar-refractivity contribution in [3.63, 3.8) is 0 Å². The van der Waals surface area contributed by atoms with E-state index < -0.39 is 5.97 Å². The molecule has 0 fully saturated rings. The van der Waals surface area contributed by atoms with E-state index in [1.54, 1.807) is 17.4 Å². The Bertz CT molecular complexity index is 369. The summed E-state index contributed by atoms with van der Waals surface area (Å²) in [4.78, 5) is 11.7. The highest BCUT2D eigenvalue weighted by molar-refractivity contribution is 7.98. The number of thioether (sulfide) groups is 1. The molecule has 0 saturated carbocycles. The molecule has 94 valence electrons. The van der Waals surface area contributed by atoms with E-state index in [1.165, 1.54) is 36.0 Å². The Hall–Kier alpha value is -0.740. The molecule has 17 heavy (non-hydrogen) atoms. The monoisotopic (exact) mass is 270 g/mol. The third-order valence-corrected chi connectivity index (χ3v) is 4.50. The van der Waals surface area contributed by atoms with E-state index in [-0.39, 0.29) is 0 Å². The Morgan fingerprint density at radius 3 is 3.06 bits per heavy atom. The van der Waals surface area contributed by atoms with Crippen LogP contribution in [0.3, 0.4) is 0 Å². The molecule has 0 aromatic carbocycles. The van der Waals surface area contributed by atoms with Crippen molar-refractivity contribution in [1.82, 2.24) is 0 Å². The van der Waals surface area contributed by atoms with Gasteiger partial charge < -0.3 is 5.11 Å². The first-order valence-electron chi connectivity index (χ1n) is 5.79. The van der Waals surface area contributed by atoms with E-state index in [9.17, 15) is 4.79 Å². The van der Waals surface area contributed by atoms with Crippen LogP contribution in [0.25, 0.3) is 6.08 Å². The van der Waals surface area contributed by atoms with Gasteiger partial charge in [-0.2, -0.15) is 11.8 Å². The van der Waals surface area contributed by atoms with Crippen LogP contribution in [0.15, 0.2) is 17.5 Å². The summed E-state index contributed by atoms with van der Waals surface area (Å²) >= 11 is 3.63. The third kappa shape index (κ3) is 5.94. The largest absolute Gasteiger partial charge is 0.478 e. The summed E-state index contributed by atoms with van der Waals surface area (Å²) in [6.07, 6.45) is 6.70. The first kappa shape index (κ1) is 14.3. The van der Waals surface area contributed by atoms with E-state index in [4.69, 9.17) is 5.11 Å². The van der Waals surface area contributed by atoms with Gasteiger partial charge in [0.15, 0.2) is 0 Å². The van der Waals surface area contributed by atoms with Crippen molar-refractivity contribution in [3.05, 3.63) is 28.0 Å². The van der Waals surface area contributed by atoms with Gasteiger partial charge in [0, 0.05) is 16.7 Å². The quantitative estimate of drug-likeness (QED) is 0.566. The van der Waals surface area contributed by atoms with Gasteiger partial charge in [0.2, 0.25) is 0 Å². The predicted molar refractivity (Wildman–Crippen MR) is 76.7 cm³/mol. The van der Waals surface area contributed by atoms with Crippen LogP contribution in [0.1, 0.15) is 36.6 Å². The number of carboxylic acid groups (broad SMARTS) is 1. The molecule has 0 aliphatic rings. The molecule has 0 amide bonds. The fraction of sp³-hybridized carbons (Fsp3) is 0.462. The molecule has 0 spiro atoms. The highest BCUT2D eigenvalue weighted by Gasteiger charge is 2.02. The molecule has 1 rings (SSSR count). The van der Waals surface area contributed by atoms with E-state index >= 15 is 0 Å². The molecule has 2 nitrogen and oxygen atoms in total. The summed E-state index contributed by atoms with van der Waals surface area (Å²) < 4.78 is 0. The molecular weight excluding hydrogens is 252 g/mol. The van der Waals surface area contributed by atoms with Crippen molar-refractivity contribution < 1.29 is 9.90 Å². The SMILES string of the molecule is CCCCCSCc1sccc1/C=C/C(=O)O. The molecule has 4 heteroatoms. The Morgan fingerprint density at radius 1 is 1.53 bits per heavy atom. The molecule has 0 aliphatic heterocycles. The number of carbonyl (C=O) groups is 1. The van der Waals surface area contributed by atoms with Crippen LogP contribution < -0.4 is 0 Å². The minimum Gasteiger partial charge on any atom is -0.478 e.